The molecule has 27 nitrogen and oxygen atoms in total. The van der Waals surface area contributed by atoms with E-state index in [0.717, 1.165) is 263 Å². The smallest absolute Gasteiger partial charge is 0.265 e. The molecular formula is C96H102N22O5S5. The van der Waals surface area contributed by atoms with Gasteiger partial charge in [-0.1, -0.05) is 91.0 Å². The van der Waals surface area contributed by atoms with E-state index < -0.39 is 6.10 Å². The molecule has 32 heteroatoms. The molecule has 20 rings (SSSR count). The fourth-order valence-electron chi connectivity index (χ4n) is 15.4. The lowest BCUT2D eigenvalue weighted by Crippen LogP contribution is -2.36. The van der Waals surface area contributed by atoms with Crippen LogP contribution in [0.4, 0.5) is 31.9 Å². The van der Waals surface area contributed by atoms with Gasteiger partial charge < -0.3 is 74.2 Å². The second-order valence-electron chi connectivity index (χ2n) is 30.6. The normalized spacial score (nSPS) is 12.9. The van der Waals surface area contributed by atoms with Crippen molar-refractivity contribution in [3.8, 4) is 77.9 Å². The number of nitrogens with zero attached hydrogens (tertiary/aromatic N) is 16. The minimum atomic E-state index is -0.705. The molecule has 0 bridgehead atoms. The van der Waals surface area contributed by atoms with E-state index in [-0.39, 0.29) is 11.8 Å². The van der Waals surface area contributed by atoms with Gasteiger partial charge in [-0.25, -0.2) is 49.8 Å². The molecule has 2 aliphatic rings. The Morgan fingerprint density at radius 2 is 0.852 bits per heavy atom. The number of aromatic nitrogens is 15. The van der Waals surface area contributed by atoms with Gasteiger partial charge in [-0.2, -0.15) is 0 Å². The van der Waals surface area contributed by atoms with Crippen LogP contribution >= 0.6 is 56.7 Å². The molecule has 3 aromatic carbocycles. The first kappa shape index (κ1) is 88.5. The summed E-state index contributed by atoms with van der Waals surface area (Å²) in [6.07, 6.45) is 20.1. The monoisotopic (exact) mass is 1800 g/mol. The van der Waals surface area contributed by atoms with Crippen molar-refractivity contribution in [1.29, 1.82) is 0 Å². The van der Waals surface area contributed by atoms with Crippen LogP contribution in [0.15, 0.2) is 200 Å². The molecule has 0 radical (unpaired) electrons. The highest BCUT2D eigenvalue weighted by molar-refractivity contribution is 7.17. The number of aromatic amines is 5. The molecule has 1 atom stereocenters. The molecule has 7 N–H and O–H groups in total. The van der Waals surface area contributed by atoms with Gasteiger partial charge in [0.1, 0.15) is 44.2 Å². The third kappa shape index (κ3) is 19.8. The lowest BCUT2D eigenvalue weighted by Gasteiger charge is -2.28. The lowest BCUT2D eigenvalue weighted by atomic mass is 10.0. The summed E-state index contributed by atoms with van der Waals surface area (Å²) in [6, 6.07) is 40.6. The molecule has 2 fully saturated rings. The largest absolute Gasteiger partial charge is 0.384 e. The highest BCUT2D eigenvalue weighted by Crippen LogP contribution is 2.42. The van der Waals surface area contributed by atoms with E-state index in [9.17, 15) is 14.7 Å². The molecule has 2 aliphatic heterocycles. The second kappa shape index (κ2) is 40.8. The van der Waals surface area contributed by atoms with Gasteiger partial charge in [0.25, 0.3) is 5.91 Å². The zero-order valence-electron chi connectivity index (χ0n) is 73.3. The van der Waals surface area contributed by atoms with Gasteiger partial charge in [0.15, 0.2) is 20.5 Å². The second-order valence-corrected chi connectivity index (χ2v) is 35.7. The summed E-state index contributed by atoms with van der Waals surface area (Å²) in [7, 11) is 3.48. The predicted molar refractivity (Wildman–Crippen MR) is 526 cm³/mol. The van der Waals surface area contributed by atoms with Crippen LogP contribution in [0, 0.1) is 13.8 Å². The SMILES string of the molecule is CC(=O)Nc1nc(-c2c[nH]c3ncc(-c4ccccc4)cc23)cs1.CCN(CC)c1nc(-c2c[nH]c3ncc(C(O)c4ccccc4)cc23)c(C)s1.CCN(CC)c1nc(-c2c[nH]c3ncc(N4CCOCC4)cc23)c(C)s1.CCN(CC)c1nc(-c2c[nH]c3ncc(N4CCOCC4)cc23)cs1.CN(C)C(=O)c1cnc(-c2c[nH]c3ncc(-c4ccccc4)cc23)s1. The Morgan fingerprint density at radius 3 is 1.33 bits per heavy atom. The van der Waals surface area contributed by atoms with Crippen LogP contribution < -0.4 is 29.8 Å². The Morgan fingerprint density at radius 1 is 0.445 bits per heavy atom. The Bertz CT molecular complexity index is 6760. The maximum absolute atomic E-state index is 12.1. The van der Waals surface area contributed by atoms with Crippen LogP contribution in [0.5, 0.6) is 0 Å². The average molecular weight is 1800 g/mol. The molecule has 2 saturated heterocycles. The number of hydrogen-bond acceptors (Lipinski definition) is 25. The topological polar surface area (TPSA) is 312 Å². The van der Waals surface area contributed by atoms with Crippen LogP contribution in [0.1, 0.15) is 85.1 Å². The third-order valence-electron chi connectivity index (χ3n) is 22.4. The Hall–Kier alpha value is -12.9. The van der Waals surface area contributed by atoms with Gasteiger partial charge in [-0.05, 0) is 102 Å². The molecule has 17 heterocycles. The van der Waals surface area contributed by atoms with Crippen LogP contribution in [0.2, 0.25) is 0 Å². The fraction of sp³-hybridized carbons (Fsp3) is 0.271. The molecule has 2 amide bonds. The molecule has 656 valence electrons. The molecule has 1 unspecified atom stereocenters. The number of aryl methyl sites for hydroxylation is 2. The summed E-state index contributed by atoms with van der Waals surface area (Å²) >= 11 is 7.98. The van der Waals surface area contributed by atoms with E-state index in [1.54, 1.807) is 65.4 Å². The molecule has 15 aromatic heterocycles. The number of aliphatic hydroxyl groups is 1. The minimum absolute atomic E-state index is 0.0355. The Balaban J connectivity index is 0.000000118. The van der Waals surface area contributed by atoms with Crippen LogP contribution in [0.3, 0.4) is 0 Å². The summed E-state index contributed by atoms with van der Waals surface area (Å²) in [6.45, 7) is 31.2. The summed E-state index contributed by atoms with van der Waals surface area (Å²) in [5.41, 5.74) is 21.6. The molecule has 0 spiro atoms. The number of thiazole rings is 5. The zero-order chi connectivity index (χ0) is 88.9. The number of anilines is 6. The van der Waals surface area contributed by atoms with E-state index in [4.69, 9.17) is 24.4 Å². The van der Waals surface area contributed by atoms with Gasteiger partial charge in [0.05, 0.1) is 79.2 Å². The minimum Gasteiger partial charge on any atom is -0.384 e. The van der Waals surface area contributed by atoms with E-state index in [0.29, 0.717) is 10.0 Å². The average Bonchev–Trinajstić information content (AvgIpc) is 1.63. The molecule has 0 saturated carbocycles. The van der Waals surface area contributed by atoms with E-state index in [1.807, 2.05) is 134 Å². The maximum Gasteiger partial charge on any atom is 0.265 e. The molecular weight excluding hydrogens is 1700 g/mol. The van der Waals surface area contributed by atoms with Crippen LogP contribution in [0.25, 0.3) is 133 Å². The van der Waals surface area contributed by atoms with E-state index >= 15 is 0 Å². The zero-order valence-corrected chi connectivity index (χ0v) is 77.4. The number of fused-ring (bicyclic) bond motifs is 5. The van der Waals surface area contributed by atoms with Crippen molar-refractivity contribution in [1.82, 2.24) is 79.7 Å². The standard InChI is InChI=1S/C22H24N4OS.C19H25N5OS.C19H16N4OS.C18H23N5OS.C18H14N4OS/c1-4-26(5-2)22-25-19(14(3)28-22)18-13-24-21-17(18)11-16(12-23-21)20(27)15-9-7-6-8-10-15;1-4-23(5-2)19-22-17(13(3)26-19)16-12-21-18-15(16)10-14(11-20-18)24-6-8-25-9-7-24;1-23(2)19(24)16-11-22-18(25-16)15-10-21-17-14(15)8-13(9-20-17)12-6-4-3-5-7-12;1-3-22(4-2)18-21-16(12-25-18)15-11-20-17-14(15)9-13(10-19-17)23-5-7-24-8-6-23;1-11(23)21-18-22-16(10-24-18)15-9-20-17-14(15)7-13(8-19-17)12-5-3-2-4-6-12/h6-13,20,27H,4-5H2,1-3H3,(H,23,24);10-12H,4-9H2,1-3H3,(H,20,21);3-11H,1-2H3,(H,20,21);9-12H,3-8H2,1-2H3,(H,19,20);2-10H,1H3,(H,19,20)(H,21,22,23). The molecule has 0 aliphatic carbocycles. The highest BCUT2D eigenvalue weighted by Gasteiger charge is 2.25. The number of benzene rings is 3. The van der Waals surface area contributed by atoms with Crippen LogP contribution in [-0.4, -0.2) is 203 Å². The number of rotatable bonds is 22. The maximum atomic E-state index is 12.1. The number of carbonyl (C=O) groups is 2. The van der Waals surface area contributed by atoms with Crippen molar-refractivity contribution in [3.05, 3.63) is 226 Å². The van der Waals surface area contributed by atoms with Gasteiger partial charge >= 0.3 is 0 Å². The number of pyridine rings is 5. The first-order valence-corrected chi connectivity index (χ1v) is 47.1. The molecule has 128 heavy (non-hydrogen) atoms. The van der Waals surface area contributed by atoms with Crippen molar-refractivity contribution < 1.29 is 24.2 Å². The van der Waals surface area contributed by atoms with Crippen LogP contribution in [-0.2, 0) is 14.3 Å². The number of aliphatic hydroxyl groups excluding tert-OH is 1. The van der Waals surface area contributed by atoms with Crippen molar-refractivity contribution in [2.45, 2.75) is 68.4 Å². The number of hydrogen-bond donors (Lipinski definition) is 7. The Kier molecular flexibility index (Phi) is 28.2. The summed E-state index contributed by atoms with van der Waals surface area (Å²) in [4.78, 5) is 102. The molecule has 18 aromatic rings. The number of morpholine rings is 2. The van der Waals surface area contributed by atoms with Gasteiger partial charge in [0.2, 0.25) is 5.91 Å². The van der Waals surface area contributed by atoms with E-state index in [2.05, 4.69) is 199 Å². The Labute approximate surface area is 762 Å². The van der Waals surface area contributed by atoms with Crippen molar-refractivity contribution in [2.75, 3.05) is 136 Å². The third-order valence-corrected chi connectivity index (χ3v) is 27.2. The number of ether oxygens (including phenoxy) is 2. The summed E-state index contributed by atoms with van der Waals surface area (Å²) < 4.78 is 10.9. The number of carbonyl (C=O) groups excluding carboxylic acids is 2. The van der Waals surface area contributed by atoms with Gasteiger partial charge in [-0.3, -0.25) is 9.59 Å². The fourth-order valence-corrected chi connectivity index (χ4v) is 20.2. The highest BCUT2D eigenvalue weighted by atomic mass is 32.1. The first-order chi connectivity index (χ1) is 62.5. The van der Waals surface area contributed by atoms with Crippen molar-refractivity contribution in [2.24, 2.45) is 0 Å². The van der Waals surface area contributed by atoms with Crippen molar-refractivity contribution >= 4 is 156 Å². The predicted octanol–water partition coefficient (Wildman–Crippen LogP) is 20.3. The summed E-state index contributed by atoms with van der Waals surface area (Å²) in [5.74, 6) is -0.158. The summed E-state index contributed by atoms with van der Waals surface area (Å²) in [5, 5.41) is 27.4. The lowest BCUT2D eigenvalue weighted by molar-refractivity contribution is -0.114. The van der Waals surface area contributed by atoms with Gasteiger partial charge in [0, 0.05) is 228 Å². The quantitative estimate of drug-likeness (QED) is 0.0331. The van der Waals surface area contributed by atoms with Gasteiger partial charge in [-0.15, -0.1) is 56.7 Å². The van der Waals surface area contributed by atoms with Crippen molar-refractivity contribution in [3.63, 3.8) is 0 Å². The number of H-pyrrole nitrogens is 5. The van der Waals surface area contributed by atoms with E-state index in [1.165, 1.54) is 39.4 Å². The number of nitrogens with one attached hydrogen (secondary N) is 6. The first-order valence-electron chi connectivity index (χ1n) is 42.9. The number of amides is 2.